The summed E-state index contributed by atoms with van der Waals surface area (Å²) in [4.78, 5) is 41.0. The molecule has 0 spiro atoms. The summed E-state index contributed by atoms with van der Waals surface area (Å²) in [6.45, 7) is 6.41. The van der Waals surface area contributed by atoms with Crippen LogP contribution < -0.4 is 0 Å². The zero-order valence-corrected chi connectivity index (χ0v) is 20.0. The van der Waals surface area contributed by atoms with Gasteiger partial charge in [0.25, 0.3) is 5.91 Å². The first-order chi connectivity index (χ1) is 15.3. The predicted molar refractivity (Wildman–Crippen MR) is 128 cm³/mol. The van der Waals surface area contributed by atoms with Crippen LogP contribution in [0.3, 0.4) is 0 Å². The lowest BCUT2D eigenvalue weighted by molar-refractivity contribution is -0.123. The molecule has 2 aliphatic rings. The summed E-state index contributed by atoms with van der Waals surface area (Å²) in [6, 6.07) is 5.58. The number of rotatable bonds is 7. The second-order valence-corrected chi connectivity index (χ2v) is 10.3. The molecule has 0 saturated heterocycles. The summed E-state index contributed by atoms with van der Waals surface area (Å²) in [5.41, 5.74) is 4.79. The number of Topliss-reactive ketones (excluding diaryl/α,β-unsaturated/α-hetero) is 2. The van der Waals surface area contributed by atoms with Crippen molar-refractivity contribution in [3.63, 3.8) is 0 Å². The molecule has 1 saturated carbocycles. The molecule has 1 aromatic carbocycles. The molecule has 1 aromatic heterocycles. The third kappa shape index (κ3) is 4.89. The first-order valence-electron chi connectivity index (χ1n) is 11.2. The number of hydrogen-bond acceptors (Lipinski definition) is 4. The van der Waals surface area contributed by atoms with Crippen LogP contribution in [0.25, 0.3) is 0 Å². The summed E-state index contributed by atoms with van der Waals surface area (Å²) in [7, 11) is 0. The molecule has 6 heteroatoms. The molecule has 1 amide bonds. The van der Waals surface area contributed by atoms with Crippen molar-refractivity contribution in [1.29, 1.82) is 0 Å². The summed E-state index contributed by atoms with van der Waals surface area (Å²) >= 11 is 7.73. The van der Waals surface area contributed by atoms with Gasteiger partial charge >= 0.3 is 0 Å². The van der Waals surface area contributed by atoms with Crippen LogP contribution in [0.15, 0.2) is 35.7 Å². The normalized spacial score (nSPS) is 18.8. The van der Waals surface area contributed by atoms with E-state index in [9.17, 15) is 14.4 Å². The van der Waals surface area contributed by atoms with Crippen molar-refractivity contribution in [2.45, 2.75) is 70.9 Å². The van der Waals surface area contributed by atoms with E-state index in [2.05, 4.69) is 6.58 Å². The fourth-order valence-corrected chi connectivity index (χ4v) is 5.82. The smallest absolute Gasteiger partial charge is 0.255 e. The minimum Gasteiger partial charge on any atom is -0.324 e. The Morgan fingerprint density at radius 2 is 2.03 bits per heavy atom. The molecule has 0 bridgehead atoms. The zero-order valence-electron chi connectivity index (χ0n) is 18.4. The highest BCUT2D eigenvalue weighted by atomic mass is 35.5. The average Bonchev–Trinajstić information content (AvgIpc) is 3.24. The largest absolute Gasteiger partial charge is 0.324 e. The Balaban J connectivity index is 1.35. The highest BCUT2D eigenvalue weighted by molar-refractivity contribution is 7.10. The molecule has 1 atom stereocenters. The Hall–Kier alpha value is -2.24. The molecular formula is C26H28ClNO3S. The van der Waals surface area contributed by atoms with Crippen molar-refractivity contribution in [3.05, 3.63) is 67.9 Å². The third-order valence-corrected chi connectivity index (χ3v) is 8.04. The number of halogens is 1. The topological polar surface area (TPSA) is 54.5 Å². The molecule has 4 rings (SSSR count). The van der Waals surface area contributed by atoms with Crippen molar-refractivity contribution in [3.8, 4) is 0 Å². The van der Waals surface area contributed by atoms with E-state index in [0.29, 0.717) is 50.6 Å². The van der Waals surface area contributed by atoms with Gasteiger partial charge in [0, 0.05) is 41.1 Å². The monoisotopic (exact) mass is 469 g/mol. The minimum absolute atomic E-state index is 0.0454. The molecule has 0 N–H and O–H groups in total. The Morgan fingerprint density at radius 1 is 1.25 bits per heavy atom. The number of benzene rings is 1. The second kappa shape index (κ2) is 9.72. The Bertz CT molecular complexity index is 1090. The van der Waals surface area contributed by atoms with Crippen LogP contribution in [0.1, 0.15) is 70.5 Å². The van der Waals surface area contributed by atoms with Crippen LogP contribution in [0, 0.1) is 6.92 Å². The van der Waals surface area contributed by atoms with Crippen molar-refractivity contribution in [1.82, 2.24) is 4.90 Å². The first-order valence-corrected chi connectivity index (χ1v) is 12.5. The van der Waals surface area contributed by atoms with E-state index >= 15 is 0 Å². The molecule has 32 heavy (non-hydrogen) atoms. The molecule has 0 radical (unpaired) electrons. The average molecular weight is 470 g/mol. The molecule has 1 aliphatic carbocycles. The Morgan fingerprint density at radius 3 is 2.81 bits per heavy atom. The number of carbonyl (C=O) groups is 3. The summed E-state index contributed by atoms with van der Waals surface area (Å²) in [6.07, 6.45) is 5.09. The van der Waals surface area contributed by atoms with Crippen LogP contribution in [0.2, 0.25) is 5.02 Å². The van der Waals surface area contributed by atoms with Gasteiger partial charge < -0.3 is 4.90 Å². The van der Waals surface area contributed by atoms with Crippen LogP contribution in [0.5, 0.6) is 0 Å². The van der Waals surface area contributed by atoms with E-state index in [4.69, 9.17) is 11.6 Å². The standard InChI is InChI=1S/C26H28ClNO3S/c1-16-4-3-5-23(24(30)12-16)28-14-20-21(26(28)31)15-32-25(20)11-10-19(29)9-8-18-7-6-17(2)22(27)13-18/h6-7,13,15,23H,1,3-5,8-12,14H2,2H3/t23-/m0/s1. The number of thiophene rings is 1. The second-order valence-electron chi connectivity index (χ2n) is 8.91. The molecule has 4 nitrogen and oxygen atoms in total. The van der Waals surface area contributed by atoms with Gasteiger partial charge in [-0.25, -0.2) is 0 Å². The quantitative estimate of drug-likeness (QED) is 0.376. The predicted octanol–water partition coefficient (Wildman–Crippen LogP) is 5.87. The highest BCUT2D eigenvalue weighted by Crippen LogP contribution is 2.35. The first kappa shape index (κ1) is 22.9. The van der Waals surface area contributed by atoms with E-state index in [1.54, 1.807) is 16.2 Å². The van der Waals surface area contributed by atoms with Gasteiger partial charge in [-0.05, 0) is 61.8 Å². The maximum atomic E-state index is 13.0. The lowest BCUT2D eigenvalue weighted by atomic mass is 10.0. The molecule has 2 heterocycles. The molecule has 2 aromatic rings. The number of carbonyl (C=O) groups excluding carboxylic acids is 3. The summed E-state index contributed by atoms with van der Waals surface area (Å²) in [5, 5.41) is 2.63. The van der Waals surface area contributed by atoms with Gasteiger partial charge in [0.15, 0.2) is 5.78 Å². The lowest BCUT2D eigenvalue weighted by Crippen LogP contribution is -2.40. The van der Waals surface area contributed by atoms with Crippen molar-refractivity contribution < 1.29 is 14.4 Å². The van der Waals surface area contributed by atoms with Crippen LogP contribution in [0.4, 0.5) is 0 Å². The van der Waals surface area contributed by atoms with Crippen molar-refractivity contribution >= 4 is 40.4 Å². The number of ketones is 2. The maximum absolute atomic E-state index is 13.0. The number of amides is 1. The highest BCUT2D eigenvalue weighted by Gasteiger charge is 2.38. The summed E-state index contributed by atoms with van der Waals surface area (Å²) < 4.78 is 0. The van der Waals surface area contributed by atoms with E-state index in [1.807, 2.05) is 30.5 Å². The van der Waals surface area contributed by atoms with Gasteiger partial charge in [0.05, 0.1) is 11.6 Å². The van der Waals surface area contributed by atoms with Gasteiger partial charge in [-0.15, -0.1) is 11.3 Å². The zero-order chi connectivity index (χ0) is 22.8. The van der Waals surface area contributed by atoms with E-state index in [0.717, 1.165) is 45.0 Å². The van der Waals surface area contributed by atoms with Crippen molar-refractivity contribution in [2.75, 3.05) is 0 Å². The maximum Gasteiger partial charge on any atom is 0.255 e. The van der Waals surface area contributed by atoms with E-state index in [1.165, 1.54) is 0 Å². The fraction of sp³-hybridized carbons (Fsp3) is 0.423. The molecule has 1 fully saturated rings. The van der Waals surface area contributed by atoms with Gasteiger partial charge in [-0.3, -0.25) is 14.4 Å². The SMILES string of the molecule is C=C1CCC[C@H](N2Cc3c(csc3CCC(=O)CCc3ccc(C)c(Cl)c3)C2=O)C(=O)C1. The van der Waals surface area contributed by atoms with Gasteiger partial charge in [-0.2, -0.15) is 0 Å². The number of nitrogens with zero attached hydrogens (tertiary/aromatic N) is 1. The lowest BCUT2D eigenvalue weighted by Gasteiger charge is -2.25. The molecule has 168 valence electrons. The fourth-order valence-electron chi connectivity index (χ4n) is 4.58. The Kier molecular flexibility index (Phi) is 6.96. The van der Waals surface area contributed by atoms with Crippen molar-refractivity contribution in [2.24, 2.45) is 0 Å². The number of allylic oxidation sites excluding steroid dienone is 1. The van der Waals surface area contributed by atoms with E-state index in [-0.39, 0.29) is 23.5 Å². The third-order valence-electron chi connectivity index (χ3n) is 6.54. The number of aryl methyl sites for hydroxylation is 3. The van der Waals surface area contributed by atoms with Crippen LogP contribution in [-0.2, 0) is 29.0 Å². The molecule has 0 unspecified atom stereocenters. The van der Waals surface area contributed by atoms with E-state index < -0.39 is 0 Å². The van der Waals surface area contributed by atoms with Gasteiger partial charge in [0.1, 0.15) is 5.78 Å². The summed E-state index contributed by atoms with van der Waals surface area (Å²) in [5.74, 6) is 0.265. The molecule has 1 aliphatic heterocycles. The number of fused-ring (bicyclic) bond motifs is 1. The van der Waals surface area contributed by atoms with Crippen LogP contribution >= 0.6 is 22.9 Å². The number of hydrogen-bond donors (Lipinski definition) is 0. The van der Waals surface area contributed by atoms with Crippen LogP contribution in [-0.4, -0.2) is 28.4 Å². The van der Waals surface area contributed by atoms with Gasteiger partial charge in [0.2, 0.25) is 0 Å². The molecular weight excluding hydrogens is 442 g/mol. The Labute approximate surface area is 198 Å². The van der Waals surface area contributed by atoms with Gasteiger partial charge in [-0.1, -0.05) is 35.9 Å². The minimum atomic E-state index is -0.352.